The third-order valence-electron chi connectivity index (χ3n) is 2.93. The van der Waals surface area contributed by atoms with Crippen molar-refractivity contribution < 1.29 is 9.47 Å². The average molecular weight is 213 g/mol. The number of ether oxygens (including phenoxy) is 2. The predicted molar refractivity (Wildman–Crippen MR) is 61.8 cm³/mol. The molecule has 3 heteroatoms. The minimum absolute atomic E-state index is 0.211. The van der Waals surface area contributed by atoms with Crippen LogP contribution < -0.4 is 5.32 Å². The van der Waals surface area contributed by atoms with Crippen molar-refractivity contribution in [2.24, 2.45) is 5.92 Å². The maximum absolute atomic E-state index is 5.56. The Kier molecular flexibility index (Phi) is 5.12. The Morgan fingerprint density at radius 3 is 2.60 bits per heavy atom. The summed E-state index contributed by atoms with van der Waals surface area (Å²) < 4.78 is 10.9. The maximum atomic E-state index is 5.56. The summed E-state index contributed by atoms with van der Waals surface area (Å²) in [4.78, 5) is 0. The highest BCUT2D eigenvalue weighted by atomic mass is 16.5. The van der Waals surface area contributed by atoms with Gasteiger partial charge in [-0.1, -0.05) is 13.8 Å². The second kappa shape index (κ2) is 6.13. The third-order valence-corrected chi connectivity index (χ3v) is 2.93. The number of hydrogen-bond acceptors (Lipinski definition) is 3. The molecule has 0 aromatic carbocycles. The molecule has 3 nitrogen and oxygen atoms in total. The van der Waals surface area contributed by atoms with Gasteiger partial charge in [0.05, 0.1) is 25.0 Å². The van der Waals surface area contributed by atoms with Gasteiger partial charge >= 0.3 is 0 Å². The van der Waals surface area contributed by atoms with Crippen molar-refractivity contribution in [2.75, 3.05) is 20.8 Å². The van der Waals surface area contributed by atoms with Gasteiger partial charge in [0.15, 0.2) is 0 Å². The van der Waals surface area contributed by atoms with Crippen LogP contribution in [0.1, 0.15) is 26.7 Å². The zero-order chi connectivity index (χ0) is 11.3. The van der Waals surface area contributed by atoms with Gasteiger partial charge in [-0.05, 0) is 31.4 Å². The van der Waals surface area contributed by atoms with Crippen LogP contribution in [0.4, 0.5) is 0 Å². The molecule has 0 saturated heterocycles. The molecule has 1 N–H and O–H groups in total. The molecule has 0 aromatic heterocycles. The monoisotopic (exact) mass is 213 g/mol. The van der Waals surface area contributed by atoms with Crippen LogP contribution in [0, 0.1) is 5.92 Å². The van der Waals surface area contributed by atoms with Gasteiger partial charge < -0.3 is 14.8 Å². The van der Waals surface area contributed by atoms with E-state index in [1.807, 2.05) is 13.3 Å². The van der Waals surface area contributed by atoms with Crippen LogP contribution in [0.25, 0.3) is 0 Å². The molecule has 1 aliphatic heterocycles. The fraction of sp³-hybridized carbons (Fsp3) is 0.833. The third kappa shape index (κ3) is 3.21. The van der Waals surface area contributed by atoms with E-state index in [9.17, 15) is 0 Å². The van der Waals surface area contributed by atoms with Crippen molar-refractivity contribution in [2.45, 2.75) is 38.8 Å². The van der Waals surface area contributed by atoms with Crippen molar-refractivity contribution in [1.82, 2.24) is 5.32 Å². The molecule has 88 valence electrons. The van der Waals surface area contributed by atoms with Gasteiger partial charge in [-0.2, -0.15) is 0 Å². The predicted octanol–water partition coefficient (Wildman–Crippen LogP) is 1.94. The van der Waals surface area contributed by atoms with E-state index in [-0.39, 0.29) is 12.1 Å². The molecule has 0 saturated carbocycles. The van der Waals surface area contributed by atoms with Crippen LogP contribution in [0.15, 0.2) is 11.8 Å². The highest BCUT2D eigenvalue weighted by molar-refractivity contribution is 5.12. The standard InChI is InChI=1S/C12H23NO2/c1-9(2)12(14-4)11(13-3)10-6-5-7-15-8-10/h8-9,11-13H,5-7H2,1-4H3. The highest BCUT2D eigenvalue weighted by Crippen LogP contribution is 2.22. The number of hydrogen-bond donors (Lipinski definition) is 1. The molecule has 2 unspecified atom stereocenters. The minimum atomic E-state index is 0.211. The first kappa shape index (κ1) is 12.5. The van der Waals surface area contributed by atoms with E-state index < -0.39 is 0 Å². The SMILES string of the molecule is CNC(C1=COCCC1)C(OC)C(C)C. The van der Waals surface area contributed by atoms with Crippen LogP contribution in [0.3, 0.4) is 0 Å². The number of nitrogens with one attached hydrogen (secondary N) is 1. The van der Waals surface area contributed by atoms with Gasteiger partial charge in [0.1, 0.15) is 0 Å². The molecule has 0 bridgehead atoms. The first-order valence-electron chi connectivity index (χ1n) is 5.71. The van der Waals surface area contributed by atoms with Gasteiger partial charge in [0, 0.05) is 7.11 Å². The molecular weight excluding hydrogens is 190 g/mol. The molecule has 0 fully saturated rings. The summed E-state index contributed by atoms with van der Waals surface area (Å²) in [6.07, 6.45) is 4.33. The van der Waals surface area contributed by atoms with Gasteiger partial charge in [-0.3, -0.25) is 0 Å². The molecular formula is C12H23NO2. The molecule has 1 aliphatic rings. The average Bonchev–Trinajstić information content (AvgIpc) is 2.26. The topological polar surface area (TPSA) is 30.5 Å². The normalized spacial score (nSPS) is 20.7. The van der Waals surface area contributed by atoms with Crippen molar-refractivity contribution in [3.63, 3.8) is 0 Å². The fourth-order valence-electron chi connectivity index (χ4n) is 2.17. The maximum Gasteiger partial charge on any atom is 0.0876 e. The van der Waals surface area contributed by atoms with E-state index in [2.05, 4.69) is 19.2 Å². The van der Waals surface area contributed by atoms with E-state index in [4.69, 9.17) is 9.47 Å². The summed E-state index contributed by atoms with van der Waals surface area (Å²) in [6, 6.07) is 0.273. The lowest BCUT2D eigenvalue weighted by molar-refractivity contribution is 0.0414. The van der Waals surface area contributed by atoms with Gasteiger partial charge in [-0.15, -0.1) is 0 Å². The van der Waals surface area contributed by atoms with Gasteiger partial charge in [0.25, 0.3) is 0 Å². The zero-order valence-corrected chi connectivity index (χ0v) is 10.2. The Morgan fingerprint density at radius 1 is 1.47 bits per heavy atom. The summed E-state index contributed by atoms with van der Waals surface area (Å²) >= 11 is 0. The molecule has 2 atom stereocenters. The van der Waals surface area contributed by atoms with Crippen LogP contribution in [0.5, 0.6) is 0 Å². The molecule has 0 aromatic rings. The molecule has 0 spiro atoms. The summed E-state index contributed by atoms with van der Waals surface area (Å²) in [7, 11) is 3.76. The second-order valence-electron chi connectivity index (χ2n) is 4.38. The van der Waals surface area contributed by atoms with Crippen molar-refractivity contribution in [3.05, 3.63) is 11.8 Å². The zero-order valence-electron chi connectivity index (χ0n) is 10.2. The van der Waals surface area contributed by atoms with Crippen molar-refractivity contribution >= 4 is 0 Å². The molecule has 0 amide bonds. The van der Waals surface area contributed by atoms with Crippen LogP contribution in [-0.4, -0.2) is 32.9 Å². The molecule has 1 rings (SSSR count). The number of methoxy groups -OCH3 is 1. The summed E-state index contributed by atoms with van der Waals surface area (Å²) in [5, 5.41) is 3.33. The lowest BCUT2D eigenvalue weighted by Crippen LogP contribution is -2.44. The molecule has 0 aliphatic carbocycles. The first-order valence-corrected chi connectivity index (χ1v) is 5.71. The Morgan fingerprint density at radius 2 is 2.20 bits per heavy atom. The first-order chi connectivity index (χ1) is 7.20. The highest BCUT2D eigenvalue weighted by Gasteiger charge is 2.27. The minimum Gasteiger partial charge on any atom is -0.501 e. The van der Waals surface area contributed by atoms with E-state index in [0.717, 1.165) is 19.4 Å². The summed E-state index contributed by atoms with van der Waals surface area (Å²) in [6.45, 7) is 5.21. The van der Waals surface area contributed by atoms with Crippen LogP contribution >= 0.6 is 0 Å². The smallest absolute Gasteiger partial charge is 0.0876 e. The second-order valence-corrected chi connectivity index (χ2v) is 4.38. The lowest BCUT2D eigenvalue weighted by Gasteiger charge is -2.31. The number of likely N-dealkylation sites (N-methyl/N-ethyl adjacent to an activating group) is 1. The Bertz CT molecular complexity index is 214. The van der Waals surface area contributed by atoms with E-state index in [0.29, 0.717) is 5.92 Å². The van der Waals surface area contributed by atoms with Gasteiger partial charge in [0.2, 0.25) is 0 Å². The summed E-state index contributed by atoms with van der Waals surface area (Å²) in [5.41, 5.74) is 1.32. The van der Waals surface area contributed by atoms with Gasteiger partial charge in [-0.25, -0.2) is 0 Å². The molecule has 1 heterocycles. The van der Waals surface area contributed by atoms with E-state index in [1.165, 1.54) is 5.57 Å². The van der Waals surface area contributed by atoms with E-state index >= 15 is 0 Å². The Hall–Kier alpha value is -0.540. The quantitative estimate of drug-likeness (QED) is 0.757. The van der Waals surface area contributed by atoms with Crippen molar-refractivity contribution in [1.29, 1.82) is 0 Å². The fourth-order valence-corrected chi connectivity index (χ4v) is 2.17. The lowest BCUT2D eigenvalue weighted by atomic mass is 9.91. The van der Waals surface area contributed by atoms with Crippen molar-refractivity contribution in [3.8, 4) is 0 Å². The summed E-state index contributed by atoms with van der Waals surface area (Å²) in [5.74, 6) is 0.496. The Labute approximate surface area is 92.8 Å². The van der Waals surface area contributed by atoms with Crippen LogP contribution in [-0.2, 0) is 9.47 Å². The van der Waals surface area contributed by atoms with E-state index in [1.54, 1.807) is 7.11 Å². The van der Waals surface area contributed by atoms with Crippen LogP contribution in [0.2, 0.25) is 0 Å². The number of rotatable bonds is 5. The molecule has 0 radical (unpaired) electrons. The Balaban J connectivity index is 2.71. The largest absolute Gasteiger partial charge is 0.501 e. The molecule has 15 heavy (non-hydrogen) atoms.